The highest BCUT2D eigenvalue weighted by Gasteiger charge is 2.18. The summed E-state index contributed by atoms with van der Waals surface area (Å²) in [5, 5.41) is 24.0. The second-order valence-electron chi connectivity index (χ2n) is 5.62. The summed E-state index contributed by atoms with van der Waals surface area (Å²) in [6.45, 7) is 3.99. The van der Waals surface area contributed by atoms with Crippen LogP contribution in [0.4, 0.5) is 5.69 Å². The van der Waals surface area contributed by atoms with E-state index in [1.807, 2.05) is 44.4 Å². The highest BCUT2D eigenvalue weighted by Crippen LogP contribution is 2.23. The van der Waals surface area contributed by atoms with Crippen LogP contribution < -0.4 is 10.6 Å². The van der Waals surface area contributed by atoms with Crippen LogP contribution in [0.3, 0.4) is 0 Å². The Hall–Kier alpha value is -2.46. The van der Waals surface area contributed by atoms with Crippen LogP contribution in [0.25, 0.3) is 0 Å². The van der Waals surface area contributed by atoms with Gasteiger partial charge in [-0.3, -0.25) is 4.79 Å². The quantitative estimate of drug-likeness (QED) is 0.429. The van der Waals surface area contributed by atoms with Crippen molar-refractivity contribution in [1.82, 2.24) is 5.32 Å². The molecule has 0 aliphatic heterocycles. The number of aryl methyl sites for hydroxylation is 2. The predicted octanol–water partition coefficient (Wildman–Crippen LogP) is 2.95. The van der Waals surface area contributed by atoms with E-state index in [1.54, 1.807) is 0 Å². The van der Waals surface area contributed by atoms with Crippen molar-refractivity contribution >= 4 is 29.3 Å². The van der Waals surface area contributed by atoms with E-state index in [9.17, 15) is 20.0 Å². The van der Waals surface area contributed by atoms with Gasteiger partial charge in [0.05, 0.1) is 0 Å². The number of carbonyl (C=O) groups is 2. The summed E-state index contributed by atoms with van der Waals surface area (Å²) in [5.74, 6) is -0.905. The number of hydrogen-bond donors (Lipinski definition) is 3. The van der Waals surface area contributed by atoms with Crippen molar-refractivity contribution in [3.05, 3.63) is 41.1 Å². The van der Waals surface area contributed by atoms with Gasteiger partial charge >= 0.3 is 5.97 Å². The second-order valence-corrected chi connectivity index (χ2v) is 6.61. The van der Waals surface area contributed by atoms with E-state index in [-0.39, 0.29) is 5.57 Å². The van der Waals surface area contributed by atoms with Crippen LogP contribution in [0.2, 0.25) is 0 Å². The van der Waals surface area contributed by atoms with Crippen molar-refractivity contribution in [1.29, 1.82) is 5.26 Å². The zero-order valence-electron chi connectivity index (χ0n) is 15.3. The molecular weight excluding hydrogens is 350 g/mol. The molecule has 1 unspecified atom stereocenters. The van der Waals surface area contributed by atoms with Crippen LogP contribution in [-0.2, 0) is 22.4 Å². The maximum Gasteiger partial charge on any atom is 0.326 e. The van der Waals surface area contributed by atoms with Crippen molar-refractivity contribution < 1.29 is 14.7 Å². The van der Waals surface area contributed by atoms with E-state index < -0.39 is 17.9 Å². The lowest BCUT2D eigenvalue weighted by Gasteiger charge is -2.15. The number of anilines is 1. The number of amides is 1. The fourth-order valence-electron chi connectivity index (χ4n) is 2.43. The van der Waals surface area contributed by atoms with E-state index in [0.29, 0.717) is 12.2 Å². The molecule has 3 N–H and O–H groups in total. The zero-order chi connectivity index (χ0) is 19.5. The summed E-state index contributed by atoms with van der Waals surface area (Å²) >= 11 is 1.54. The van der Waals surface area contributed by atoms with Crippen molar-refractivity contribution in [2.45, 2.75) is 39.2 Å². The number of aliphatic carboxylic acids is 1. The van der Waals surface area contributed by atoms with Crippen LogP contribution in [-0.4, -0.2) is 35.0 Å². The molecule has 1 aromatic carbocycles. The fourth-order valence-corrected chi connectivity index (χ4v) is 2.90. The van der Waals surface area contributed by atoms with Gasteiger partial charge in [-0.2, -0.15) is 17.0 Å². The third-order valence-electron chi connectivity index (χ3n) is 3.94. The van der Waals surface area contributed by atoms with Gasteiger partial charge in [-0.15, -0.1) is 0 Å². The number of carbonyl (C=O) groups excluding carboxylic acids is 1. The molecule has 0 heterocycles. The number of carboxylic acids is 1. The number of nitrogens with zero attached hydrogens (tertiary/aromatic N) is 1. The van der Waals surface area contributed by atoms with Gasteiger partial charge in [-0.25, -0.2) is 4.79 Å². The van der Waals surface area contributed by atoms with Crippen LogP contribution in [0.15, 0.2) is 30.0 Å². The molecular formula is C19H25N3O3S. The summed E-state index contributed by atoms with van der Waals surface area (Å²) in [4.78, 5) is 23.7. The topological polar surface area (TPSA) is 102 Å². The van der Waals surface area contributed by atoms with Gasteiger partial charge in [0.15, 0.2) is 0 Å². The van der Waals surface area contributed by atoms with Crippen LogP contribution in [0.1, 0.15) is 31.4 Å². The minimum absolute atomic E-state index is 0.159. The molecule has 0 saturated heterocycles. The van der Waals surface area contributed by atoms with Gasteiger partial charge in [-0.1, -0.05) is 32.0 Å². The van der Waals surface area contributed by atoms with Crippen molar-refractivity contribution in [3.8, 4) is 6.07 Å². The predicted molar refractivity (Wildman–Crippen MR) is 105 cm³/mol. The standard InChI is InChI=1S/C19H25N3O3S/c1-4-13-7-6-8-14(5-2)17(13)22-18(23)15(11-20)12-21-16(19(24)25)9-10-26-3/h6-8,12,16,21H,4-5,9-10H2,1-3H3,(H,22,23)(H,24,25)/b15-12-. The largest absolute Gasteiger partial charge is 0.480 e. The SMILES string of the molecule is CCc1cccc(CC)c1NC(=O)/C(C#N)=C\NC(CCSC)C(=O)O. The number of benzene rings is 1. The molecule has 0 aromatic heterocycles. The summed E-state index contributed by atoms with van der Waals surface area (Å²) in [5.41, 5.74) is 2.55. The smallest absolute Gasteiger partial charge is 0.326 e. The monoisotopic (exact) mass is 375 g/mol. The van der Waals surface area contributed by atoms with E-state index in [2.05, 4.69) is 10.6 Å². The molecule has 1 aromatic rings. The molecule has 0 bridgehead atoms. The molecule has 0 aliphatic rings. The first-order chi connectivity index (χ1) is 12.5. The second kappa shape index (κ2) is 11.2. The highest BCUT2D eigenvalue weighted by molar-refractivity contribution is 7.98. The Morgan fingerprint density at radius 3 is 2.38 bits per heavy atom. The minimum atomic E-state index is -1.02. The molecule has 0 fully saturated rings. The molecule has 140 valence electrons. The average molecular weight is 375 g/mol. The number of hydrogen-bond acceptors (Lipinski definition) is 5. The molecule has 26 heavy (non-hydrogen) atoms. The first-order valence-electron chi connectivity index (χ1n) is 8.48. The summed E-state index contributed by atoms with van der Waals surface area (Å²) in [6.07, 6.45) is 4.98. The maximum absolute atomic E-state index is 12.5. The Morgan fingerprint density at radius 1 is 1.31 bits per heavy atom. The molecule has 1 rings (SSSR count). The Bertz CT molecular complexity index is 688. The van der Waals surface area contributed by atoms with Gasteiger partial charge < -0.3 is 15.7 Å². The van der Waals surface area contributed by atoms with E-state index >= 15 is 0 Å². The van der Waals surface area contributed by atoms with Gasteiger partial charge in [0, 0.05) is 11.9 Å². The summed E-state index contributed by atoms with van der Waals surface area (Å²) < 4.78 is 0. The number of carboxylic acid groups (broad SMARTS) is 1. The number of nitrogens with one attached hydrogen (secondary N) is 2. The van der Waals surface area contributed by atoms with Crippen molar-refractivity contribution in [2.75, 3.05) is 17.3 Å². The highest BCUT2D eigenvalue weighted by atomic mass is 32.2. The molecule has 0 aliphatic carbocycles. The third-order valence-corrected chi connectivity index (χ3v) is 4.58. The van der Waals surface area contributed by atoms with E-state index in [0.717, 1.165) is 29.7 Å². The number of thioether (sulfide) groups is 1. The van der Waals surface area contributed by atoms with Gasteiger partial charge in [-0.05, 0) is 42.4 Å². The molecule has 7 heteroatoms. The van der Waals surface area contributed by atoms with Crippen molar-refractivity contribution in [2.24, 2.45) is 0 Å². The van der Waals surface area contributed by atoms with Crippen molar-refractivity contribution in [3.63, 3.8) is 0 Å². The van der Waals surface area contributed by atoms with Gasteiger partial charge in [0.25, 0.3) is 5.91 Å². The third kappa shape index (κ3) is 6.12. The molecule has 0 saturated carbocycles. The van der Waals surface area contributed by atoms with Gasteiger partial charge in [0.2, 0.25) is 0 Å². The summed E-state index contributed by atoms with van der Waals surface area (Å²) in [7, 11) is 0. The number of nitriles is 1. The zero-order valence-corrected chi connectivity index (χ0v) is 16.2. The molecule has 1 amide bonds. The lowest BCUT2D eigenvalue weighted by molar-refractivity contribution is -0.139. The van der Waals surface area contributed by atoms with E-state index in [1.165, 1.54) is 18.0 Å². The normalized spacial score (nSPS) is 12.2. The van der Waals surface area contributed by atoms with Crippen LogP contribution in [0.5, 0.6) is 0 Å². The Labute approximate surface area is 158 Å². The van der Waals surface area contributed by atoms with E-state index in [4.69, 9.17) is 0 Å². The first-order valence-corrected chi connectivity index (χ1v) is 9.87. The van der Waals surface area contributed by atoms with Crippen LogP contribution >= 0.6 is 11.8 Å². The lowest BCUT2D eigenvalue weighted by atomic mass is 10.0. The van der Waals surface area contributed by atoms with Crippen LogP contribution in [0, 0.1) is 11.3 Å². The van der Waals surface area contributed by atoms with Gasteiger partial charge in [0.1, 0.15) is 17.7 Å². The lowest BCUT2D eigenvalue weighted by Crippen LogP contribution is -2.34. The number of para-hydroxylation sites is 1. The molecule has 0 spiro atoms. The fraction of sp³-hybridized carbons (Fsp3) is 0.421. The number of rotatable bonds is 10. The maximum atomic E-state index is 12.5. The summed E-state index contributed by atoms with van der Waals surface area (Å²) in [6, 6.07) is 6.81. The average Bonchev–Trinajstić information content (AvgIpc) is 2.64. The molecule has 1 atom stereocenters. The Balaban J connectivity index is 2.96. The Morgan fingerprint density at radius 2 is 1.92 bits per heavy atom. The Kier molecular flexibility index (Phi) is 9.31. The first kappa shape index (κ1) is 21.6. The molecule has 0 radical (unpaired) electrons. The molecule has 6 nitrogen and oxygen atoms in total. The minimum Gasteiger partial charge on any atom is -0.480 e.